The van der Waals surface area contributed by atoms with E-state index < -0.39 is 0 Å². The molecule has 0 spiro atoms. The molecule has 14 heavy (non-hydrogen) atoms. The van der Waals surface area contributed by atoms with E-state index >= 15 is 0 Å². The van der Waals surface area contributed by atoms with Crippen LogP contribution < -0.4 is 5.32 Å². The van der Waals surface area contributed by atoms with Gasteiger partial charge in [-0.25, -0.2) is 4.39 Å². The number of rotatable bonds is 3. The Labute approximate surface area is 84.3 Å². The molecular formula is C12H14FN. The first-order chi connectivity index (χ1) is 6.77. The molecule has 0 saturated carbocycles. The summed E-state index contributed by atoms with van der Waals surface area (Å²) in [5.41, 5.74) is 0.940. The Morgan fingerprint density at radius 2 is 2.29 bits per heavy atom. The van der Waals surface area contributed by atoms with Gasteiger partial charge in [-0.3, -0.25) is 0 Å². The van der Waals surface area contributed by atoms with Gasteiger partial charge < -0.3 is 5.32 Å². The second-order valence-electron chi connectivity index (χ2n) is 3.03. The Balaban J connectivity index is 2.81. The van der Waals surface area contributed by atoms with Crippen molar-refractivity contribution in [2.24, 2.45) is 0 Å². The molecule has 1 nitrogen and oxygen atoms in total. The second kappa shape index (κ2) is 5.41. The first kappa shape index (κ1) is 10.7. The quantitative estimate of drug-likeness (QED) is 0.724. The lowest BCUT2D eigenvalue weighted by atomic mass is 10.0. The summed E-state index contributed by atoms with van der Waals surface area (Å²) >= 11 is 0. The Morgan fingerprint density at radius 3 is 2.86 bits per heavy atom. The van der Waals surface area contributed by atoms with Gasteiger partial charge in [0.15, 0.2) is 0 Å². The second-order valence-corrected chi connectivity index (χ2v) is 3.03. The minimum Gasteiger partial charge on any atom is -0.312 e. The summed E-state index contributed by atoms with van der Waals surface area (Å²) in [6.45, 7) is 1.80. The molecular weight excluding hydrogens is 177 g/mol. The largest absolute Gasteiger partial charge is 0.312 e. The van der Waals surface area contributed by atoms with E-state index in [1.807, 2.05) is 13.1 Å². The van der Waals surface area contributed by atoms with Crippen molar-refractivity contribution in [3.05, 3.63) is 35.6 Å². The summed E-state index contributed by atoms with van der Waals surface area (Å²) in [4.78, 5) is 0. The molecule has 1 aromatic carbocycles. The van der Waals surface area contributed by atoms with Crippen LogP contribution in [-0.2, 0) is 0 Å². The Bertz CT molecular complexity index is 349. The van der Waals surface area contributed by atoms with E-state index in [9.17, 15) is 4.39 Å². The van der Waals surface area contributed by atoms with Gasteiger partial charge >= 0.3 is 0 Å². The maximum Gasteiger partial charge on any atom is 0.123 e. The fraction of sp³-hybridized carbons (Fsp3) is 0.333. The molecule has 0 aliphatic heterocycles. The first-order valence-corrected chi connectivity index (χ1v) is 4.60. The van der Waals surface area contributed by atoms with Crippen molar-refractivity contribution in [3.8, 4) is 11.8 Å². The van der Waals surface area contributed by atoms with Gasteiger partial charge in [-0.15, -0.1) is 11.8 Å². The summed E-state index contributed by atoms with van der Waals surface area (Å²) in [5, 5.41) is 3.11. The average Bonchev–Trinajstić information content (AvgIpc) is 2.19. The van der Waals surface area contributed by atoms with E-state index in [2.05, 4.69) is 17.2 Å². The highest BCUT2D eigenvalue weighted by Gasteiger charge is 2.07. The zero-order valence-electron chi connectivity index (χ0n) is 8.47. The van der Waals surface area contributed by atoms with Gasteiger partial charge in [0.2, 0.25) is 0 Å². The molecule has 0 fully saturated rings. The van der Waals surface area contributed by atoms with E-state index in [0.717, 1.165) is 5.56 Å². The van der Waals surface area contributed by atoms with Gasteiger partial charge in [0.25, 0.3) is 0 Å². The molecule has 0 aliphatic rings. The summed E-state index contributed by atoms with van der Waals surface area (Å²) in [6.07, 6.45) is 0.705. The summed E-state index contributed by atoms with van der Waals surface area (Å²) < 4.78 is 12.9. The smallest absolute Gasteiger partial charge is 0.123 e. The third-order valence-electron chi connectivity index (χ3n) is 2.08. The molecule has 1 atom stereocenters. The molecule has 0 aromatic heterocycles. The van der Waals surface area contributed by atoms with Crippen LogP contribution in [-0.4, -0.2) is 7.05 Å². The standard InChI is InChI=1S/C12H14FN/c1-3-4-8-12(14-2)10-6-5-7-11(13)9-10/h5-7,9,12,14H,8H2,1-2H3. The van der Waals surface area contributed by atoms with Crippen LogP contribution in [0.4, 0.5) is 4.39 Å². The van der Waals surface area contributed by atoms with Crippen molar-refractivity contribution in [2.75, 3.05) is 7.05 Å². The highest BCUT2D eigenvalue weighted by atomic mass is 19.1. The number of nitrogens with one attached hydrogen (secondary N) is 1. The fourth-order valence-electron chi connectivity index (χ4n) is 1.31. The van der Waals surface area contributed by atoms with Crippen LogP contribution >= 0.6 is 0 Å². The van der Waals surface area contributed by atoms with Crippen LogP contribution in [0.1, 0.15) is 24.9 Å². The van der Waals surface area contributed by atoms with Crippen LogP contribution in [0.15, 0.2) is 24.3 Å². The van der Waals surface area contributed by atoms with Crippen molar-refractivity contribution in [1.82, 2.24) is 5.32 Å². The molecule has 0 bridgehead atoms. The van der Waals surface area contributed by atoms with Crippen molar-refractivity contribution in [2.45, 2.75) is 19.4 Å². The monoisotopic (exact) mass is 191 g/mol. The first-order valence-electron chi connectivity index (χ1n) is 4.60. The van der Waals surface area contributed by atoms with Crippen LogP contribution in [0, 0.1) is 17.7 Å². The van der Waals surface area contributed by atoms with E-state index in [1.54, 1.807) is 19.1 Å². The average molecular weight is 191 g/mol. The van der Waals surface area contributed by atoms with Gasteiger partial charge in [0.05, 0.1) is 0 Å². The zero-order chi connectivity index (χ0) is 10.4. The SMILES string of the molecule is CC#CCC(NC)c1cccc(F)c1. The summed E-state index contributed by atoms with van der Waals surface area (Å²) in [7, 11) is 1.85. The Morgan fingerprint density at radius 1 is 1.50 bits per heavy atom. The minimum absolute atomic E-state index is 0.109. The number of hydrogen-bond donors (Lipinski definition) is 1. The molecule has 2 heteroatoms. The van der Waals surface area contributed by atoms with Crippen LogP contribution in [0.2, 0.25) is 0 Å². The maximum absolute atomic E-state index is 12.9. The third-order valence-corrected chi connectivity index (χ3v) is 2.08. The normalized spacial score (nSPS) is 11.6. The molecule has 1 rings (SSSR count). The van der Waals surface area contributed by atoms with Crippen molar-refractivity contribution in [1.29, 1.82) is 0 Å². The van der Waals surface area contributed by atoms with Crippen LogP contribution in [0.3, 0.4) is 0 Å². The van der Waals surface area contributed by atoms with Gasteiger partial charge in [-0.1, -0.05) is 12.1 Å². The molecule has 1 unspecified atom stereocenters. The predicted octanol–water partition coefficient (Wildman–Crippen LogP) is 2.50. The number of hydrogen-bond acceptors (Lipinski definition) is 1. The molecule has 74 valence electrons. The van der Waals surface area contributed by atoms with Crippen molar-refractivity contribution in [3.63, 3.8) is 0 Å². The van der Waals surface area contributed by atoms with Gasteiger partial charge in [0.1, 0.15) is 5.82 Å². The van der Waals surface area contributed by atoms with Crippen LogP contribution in [0.5, 0.6) is 0 Å². The Kier molecular flexibility index (Phi) is 4.15. The van der Waals surface area contributed by atoms with Gasteiger partial charge in [-0.05, 0) is 31.7 Å². The zero-order valence-corrected chi connectivity index (χ0v) is 8.47. The van der Waals surface area contributed by atoms with Gasteiger partial charge in [-0.2, -0.15) is 0 Å². The fourth-order valence-corrected chi connectivity index (χ4v) is 1.31. The molecule has 0 aliphatic carbocycles. The Hall–Kier alpha value is -1.33. The summed E-state index contributed by atoms with van der Waals surface area (Å²) in [5.74, 6) is 5.61. The highest BCUT2D eigenvalue weighted by Crippen LogP contribution is 2.16. The topological polar surface area (TPSA) is 12.0 Å². The van der Waals surface area contributed by atoms with Crippen LogP contribution in [0.25, 0.3) is 0 Å². The third kappa shape index (κ3) is 2.86. The molecule has 1 N–H and O–H groups in total. The van der Waals surface area contributed by atoms with E-state index in [4.69, 9.17) is 0 Å². The summed E-state index contributed by atoms with van der Waals surface area (Å²) in [6, 6.07) is 6.72. The van der Waals surface area contributed by atoms with Crippen molar-refractivity contribution < 1.29 is 4.39 Å². The minimum atomic E-state index is -0.202. The highest BCUT2D eigenvalue weighted by molar-refractivity contribution is 5.21. The molecule has 0 saturated heterocycles. The molecule has 1 aromatic rings. The lowest BCUT2D eigenvalue weighted by molar-refractivity contribution is 0.590. The van der Waals surface area contributed by atoms with Gasteiger partial charge in [0, 0.05) is 12.5 Å². The van der Waals surface area contributed by atoms with Crippen molar-refractivity contribution >= 4 is 0 Å². The molecule has 0 amide bonds. The number of benzene rings is 1. The predicted molar refractivity (Wildman–Crippen MR) is 56.3 cm³/mol. The lowest BCUT2D eigenvalue weighted by Crippen LogP contribution is -2.15. The molecule has 0 heterocycles. The maximum atomic E-state index is 12.9. The molecule has 0 radical (unpaired) electrons. The van der Waals surface area contributed by atoms with E-state index in [0.29, 0.717) is 6.42 Å². The van der Waals surface area contributed by atoms with E-state index in [-0.39, 0.29) is 11.9 Å². The number of halogens is 1. The lowest BCUT2D eigenvalue weighted by Gasteiger charge is -2.13. The van der Waals surface area contributed by atoms with E-state index in [1.165, 1.54) is 6.07 Å².